The molecule has 3 aromatic carbocycles. The summed E-state index contributed by atoms with van der Waals surface area (Å²) in [6, 6.07) is 22.0. The number of hydrogen-bond acceptors (Lipinski definition) is 7. The molecule has 0 bridgehead atoms. The summed E-state index contributed by atoms with van der Waals surface area (Å²) in [6.45, 7) is 4.10. The van der Waals surface area contributed by atoms with Crippen LogP contribution in [0.15, 0.2) is 72.8 Å². The molecule has 0 fully saturated rings. The summed E-state index contributed by atoms with van der Waals surface area (Å²) >= 11 is 1.35. The van der Waals surface area contributed by atoms with Gasteiger partial charge in [-0.1, -0.05) is 30.3 Å². The fraction of sp³-hybridized carbons (Fsp3) is 0.172. The van der Waals surface area contributed by atoms with Gasteiger partial charge < -0.3 is 24.3 Å². The lowest BCUT2D eigenvalue weighted by Gasteiger charge is -2.10. The Morgan fingerprint density at radius 2 is 1.73 bits per heavy atom. The van der Waals surface area contributed by atoms with Gasteiger partial charge in [-0.25, -0.2) is 4.79 Å². The van der Waals surface area contributed by atoms with Crippen molar-refractivity contribution in [2.75, 3.05) is 18.7 Å². The van der Waals surface area contributed by atoms with Gasteiger partial charge in [-0.2, -0.15) is 0 Å². The highest BCUT2D eigenvalue weighted by Gasteiger charge is 2.25. The van der Waals surface area contributed by atoms with Crippen molar-refractivity contribution in [1.29, 1.82) is 0 Å². The zero-order valence-corrected chi connectivity index (χ0v) is 21.2. The zero-order chi connectivity index (χ0) is 25.8. The van der Waals surface area contributed by atoms with Crippen LogP contribution in [0.25, 0.3) is 0 Å². The molecule has 7 nitrogen and oxygen atoms in total. The van der Waals surface area contributed by atoms with Gasteiger partial charge in [-0.3, -0.25) is 4.79 Å². The summed E-state index contributed by atoms with van der Waals surface area (Å²) in [4.78, 5) is 27.2. The van der Waals surface area contributed by atoms with Crippen molar-refractivity contribution >= 4 is 28.2 Å². The highest BCUT2D eigenvalue weighted by molar-refractivity contribution is 7.16. The average molecular weight is 516 g/mol. The highest BCUT2D eigenvalue weighted by Crippen LogP contribution is 2.38. The molecular formula is C29H25NO6S. The fourth-order valence-electron chi connectivity index (χ4n) is 4.05. The molecule has 0 saturated heterocycles. The molecule has 1 aliphatic heterocycles. The second kappa shape index (κ2) is 10.8. The molecule has 0 unspecified atom stereocenters. The molecule has 2 heterocycles. The van der Waals surface area contributed by atoms with E-state index in [2.05, 4.69) is 5.32 Å². The molecule has 0 radical (unpaired) electrons. The Bertz CT molecular complexity index is 1450. The molecule has 0 saturated carbocycles. The summed E-state index contributed by atoms with van der Waals surface area (Å²) in [5.41, 5.74) is 2.54. The van der Waals surface area contributed by atoms with Crippen LogP contribution in [-0.4, -0.2) is 25.3 Å². The van der Waals surface area contributed by atoms with Crippen LogP contribution in [0.1, 0.15) is 43.6 Å². The molecule has 0 atom stereocenters. The van der Waals surface area contributed by atoms with Crippen LogP contribution in [0.5, 0.6) is 23.0 Å². The van der Waals surface area contributed by atoms with Gasteiger partial charge >= 0.3 is 5.97 Å². The van der Waals surface area contributed by atoms with Gasteiger partial charge in [-0.05, 0) is 73.9 Å². The minimum atomic E-state index is -0.473. The molecule has 8 heteroatoms. The Balaban J connectivity index is 1.41. The Morgan fingerprint density at radius 1 is 0.946 bits per heavy atom. The number of thiophene rings is 1. The molecule has 5 rings (SSSR count). The van der Waals surface area contributed by atoms with E-state index in [-0.39, 0.29) is 19.3 Å². The Kier molecular flexibility index (Phi) is 7.09. The molecule has 188 valence electrons. The summed E-state index contributed by atoms with van der Waals surface area (Å²) < 4.78 is 22.1. The minimum absolute atomic E-state index is 0.193. The molecule has 1 N–H and O–H groups in total. The number of ether oxygens (including phenoxy) is 4. The summed E-state index contributed by atoms with van der Waals surface area (Å²) in [5.74, 6) is 1.76. The molecule has 1 aromatic heterocycles. The van der Waals surface area contributed by atoms with E-state index in [9.17, 15) is 9.59 Å². The lowest BCUT2D eigenvalue weighted by atomic mass is 10.0. The van der Waals surface area contributed by atoms with Crippen molar-refractivity contribution in [2.24, 2.45) is 0 Å². The monoisotopic (exact) mass is 515 g/mol. The second-order valence-corrected chi connectivity index (χ2v) is 9.55. The average Bonchev–Trinajstić information content (AvgIpc) is 3.48. The highest BCUT2D eigenvalue weighted by atomic mass is 32.1. The third-order valence-electron chi connectivity index (χ3n) is 5.81. The molecule has 37 heavy (non-hydrogen) atoms. The lowest BCUT2D eigenvalue weighted by molar-refractivity contribution is 0.0527. The predicted octanol–water partition coefficient (Wildman–Crippen LogP) is 6.60. The first kappa shape index (κ1) is 24.4. The maximum atomic E-state index is 13.2. The van der Waals surface area contributed by atoms with Crippen LogP contribution in [0.2, 0.25) is 0 Å². The van der Waals surface area contributed by atoms with Crippen LogP contribution in [0.4, 0.5) is 5.00 Å². The van der Waals surface area contributed by atoms with E-state index in [1.807, 2.05) is 55.5 Å². The first-order valence-electron chi connectivity index (χ1n) is 11.8. The van der Waals surface area contributed by atoms with Crippen LogP contribution >= 0.6 is 11.3 Å². The van der Waals surface area contributed by atoms with Crippen molar-refractivity contribution < 1.29 is 28.5 Å². The van der Waals surface area contributed by atoms with E-state index in [1.54, 1.807) is 31.2 Å². The first-order valence-corrected chi connectivity index (χ1v) is 12.7. The van der Waals surface area contributed by atoms with E-state index in [1.165, 1.54) is 11.3 Å². The van der Waals surface area contributed by atoms with Crippen LogP contribution in [0.3, 0.4) is 0 Å². The number of carbonyl (C=O) groups is 2. The van der Waals surface area contributed by atoms with Crippen molar-refractivity contribution in [3.8, 4) is 23.0 Å². The number of amides is 1. The second-order valence-electron chi connectivity index (χ2n) is 8.32. The Hall–Kier alpha value is -4.30. The molecule has 1 aliphatic rings. The number of rotatable bonds is 8. The molecule has 1 amide bonds. The smallest absolute Gasteiger partial charge is 0.341 e. The fourth-order valence-corrected chi connectivity index (χ4v) is 5.11. The largest absolute Gasteiger partial charge is 0.462 e. The van der Waals surface area contributed by atoms with E-state index in [0.717, 1.165) is 16.0 Å². The van der Waals surface area contributed by atoms with Gasteiger partial charge in [0.05, 0.1) is 12.2 Å². The predicted molar refractivity (Wildman–Crippen MR) is 141 cm³/mol. The van der Waals surface area contributed by atoms with Crippen molar-refractivity contribution in [1.82, 2.24) is 0 Å². The first-order chi connectivity index (χ1) is 18.0. The van der Waals surface area contributed by atoms with E-state index >= 15 is 0 Å². The number of anilines is 1. The Labute approximate surface area is 218 Å². The van der Waals surface area contributed by atoms with E-state index < -0.39 is 5.97 Å². The van der Waals surface area contributed by atoms with Crippen molar-refractivity contribution in [3.63, 3.8) is 0 Å². The van der Waals surface area contributed by atoms with Crippen molar-refractivity contribution in [2.45, 2.75) is 20.3 Å². The topological polar surface area (TPSA) is 83.1 Å². The lowest BCUT2D eigenvalue weighted by Crippen LogP contribution is -2.15. The molecule has 4 aromatic rings. The summed E-state index contributed by atoms with van der Waals surface area (Å²) in [5, 5.41) is 3.37. The third kappa shape index (κ3) is 5.44. The van der Waals surface area contributed by atoms with Crippen LogP contribution < -0.4 is 19.5 Å². The quantitative estimate of drug-likeness (QED) is 0.266. The number of esters is 1. The summed E-state index contributed by atoms with van der Waals surface area (Å²) in [7, 11) is 0. The molecule has 0 spiro atoms. The third-order valence-corrected chi connectivity index (χ3v) is 6.87. The van der Waals surface area contributed by atoms with Crippen molar-refractivity contribution in [3.05, 3.63) is 99.9 Å². The number of benzene rings is 3. The van der Waals surface area contributed by atoms with Gasteiger partial charge in [0.2, 0.25) is 6.79 Å². The van der Waals surface area contributed by atoms with Gasteiger partial charge in [0.1, 0.15) is 16.5 Å². The van der Waals surface area contributed by atoms with E-state index in [4.69, 9.17) is 18.9 Å². The van der Waals surface area contributed by atoms with Crippen LogP contribution in [-0.2, 0) is 11.2 Å². The van der Waals surface area contributed by atoms with Gasteiger partial charge in [0.15, 0.2) is 11.5 Å². The van der Waals surface area contributed by atoms with Gasteiger partial charge in [0.25, 0.3) is 5.91 Å². The normalized spacial score (nSPS) is 11.7. The number of para-hydroxylation sites is 1. The summed E-state index contributed by atoms with van der Waals surface area (Å²) in [6.07, 6.45) is 0.476. The minimum Gasteiger partial charge on any atom is -0.462 e. The zero-order valence-electron chi connectivity index (χ0n) is 20.4. The van der Waals surface area contributed by atoms with E-state index in [0.29, 0.717) is 45.5 Å². The number of hydrogen-bond donors (Lipinski definition) is 1. The number of nitrogens with one attached hydrogen (secondary N) is 1. The number of aryl methyl sites for hydroxylation is 1. The SMILES string of the molecule is CCOC(=O)c1c(NC(=O)c2cccc(Oc3ccccc3)c2)sc(C)c1Cc1ccc2c(c1)OCO2. The number of fused-ring (bicyclic) bond motifs is 1. The van der Waals surface area contributed by atoms with Gasteiger partial charge in [0, 0.05) is 10.4 Å². The maximum absolute atomic E-state index is 13.2. The molecular weight excluding hydrogens is 490 g/mol. The molecule has 0 aliphatic carbocycles. The number of carbonyl (C=O) groups excluding carboxylic acids is 2. The van der Waals surface area contributed by atoms with Gasteiger partial charge in [-0.15, -0.1) is 11.3 Å². The standard InChI is InChI=1S/C29H25NO6S/c1-3-33-29(32)26-23(14-19-12-13-24-25(15-19)35-17-34-24)18(2)37-28(26)30-27(31)20-8-7-11-22(16-20)36-21-9-5-4-6-10-21/h4-13,15-16H,3,14,17H2,1-2H3,(H,30,31). The maximum Gasteiger partial charge on any atom is 0.341 e. The Morgan fingerprint density at radius 3 is 2.54 bits per heavy atom. The van der Waals surface area contributed by atoms with Crippen LogP contribution in [0, 0.1) is 6.92 Å².